The fourth-order valence-corrected chi connectivity index (χ4v) is 5.82. The van der Waals surface area contributed by atoms with Crippen molar-refractivity contribution in [2.24, 2.45) is 5.92 Å². The molecule has 2 bridgehead atoms. The third kappa shape index (κ3) is 3.86. The Hall–Kier alpha value is -2.47. The largest absolute Gasteiger partial charge is 0.431 e. The minimum absolute atomic E-state index is 0.260. The molecule has 3 aromatic rings. The Morgan fingerprint density at radius 2 is 1.93 bits per heavy atom. The number of piperidine rings is 1. The maximum absolute atomic E-state index is 11.9. The number of nitrogens with zero attached hydrogens (tertiary/aromatic N) is 3. The van der Waals surface area contributed by atoms with Crippen LogP contribution < -0.4 is 4.74 Å². The first-order valence-corrected chi connectivity index (χ1v) is 11.2. The number of thiazole rings is 1. The highest BCUT2D eigenvalue weighted by atomic mass is 32.1. The van der Waals surface area contributed by atoms with Gasteiger partial charge < -0.3 is 9.64 Å². The van der Waals surface area contributed by atoms with Crippen LogP contribution in [0.15, 0.2) is 42.6 Å². The quantitative estimate of drug-likeness (QED) is 0.583. The van der Waals surface area contributed by atoms with Crippen LogP contribution in [0.2, 0.25) is 0 Å². The highest BCUT2D eigenvalue weighted by molar-refractivity contribution is 7.20. The molecule has 5 rings (SSSR count). The van der Waals surface area contributed by atoms with Crippen molar-refractivity contribution < 1.29 is 9.53 Å². The molecule has 2 aliphatic rings. The van der Waals surface area contributed by atoms with Gasteiger partial charge in [0.1, 0.15) is 5.75 Å². The molecule has 4 heterocycles. The van der Waals surface area contributed by atoms with E-state index in [4.69, 9.17) is 4.74 Å². The molecule has 0 radical (unpaired) electrons. The molecule has 2 aliphatic heterocycles. The van der Waals surface area contributed by atoms with Gasteiger partial charge in [0.15, 0.2) is 5.65 Å². The molecule has 2 fully saturated rings. The summed E-state index contributed by atoms with van der Waals surface area (Å²) in [5.74, 6) is 1.80. The minimum Gasteiger partial charge on any atom is -0.431 e. The molecule has 1 unspecified atom stereocenters. The number of amides is 1. The van der Waals surface area contributed by atoms with Gasteiger partial charge in [-0.2, -0.15) is 4.98 Å². The minimum atomic E-state index is 0.260. The molecule has 1 amide bonds. The number of fused-ring (bicyclic) bond motifs is 3. The van der Waals surface area contributed by atoms with E-state index in [9.17, 15) is 4.79 Å². The molecule has 0 spiro atoms. The summed E-state index contributed by atoms with van der Waals surface area (Å²) in [6.07, 6.45) is 8.74. The van der Waals surface area contributed by atoms with Crippen LogP contribution in [0.25, 0.3) is 10.3 Å². The van der Waals surface area contributed by atoms with Gasteiger partial charge in [-0.1, -0.05) is 23.5 Å². The lowest BCUT2D eigenvalue weighted by Crippen LogP contribution is -2.45. The molecule has 0 aliphatic carbocycles. The first-order chi connectivity index (χ1) is 14.2. The van der Waals surface area contributed by atoms with E-state index < -0.39 is 0 Å². The smallest absolute Gasteiger partial charge is 0.281 e. The summed E-state index contributed by atoms with van der Waals surface area (Å²) in [6, 6.07) is 13.2. The van der Waals surface area contributed by atoms with Gasteiger partial charge in [-0.3, -0.25) is 4.79 Å². The van der Waals surface area contributed by atoms with Crippen molar-refractivity contribution in [3.05, 3.63) is 48.2 Å². The number of rotatable bonds is 5. The average Bonchev–Trinajstić information content (AvgIpc) is 3.25. The van der Waals surface area contributed by atoms with E-state index in [-0.39, 0.29) is 5.91 Å². The molecule has 2 aromatic heterocycles. The van der Waals surface area contributed by atoms with Crippen molar-refractivity contribution in [3.63, 3.8) is 0 Å². The molecule has 0 saturated carbocycles. The van der Waals surface area contributed by atoms with Gasteiger partial charge in [0.05, 0.1) is 4.70 Å². The molecule has 29 heavy (non-hydrogen) atoms. The first-order valence-electron chi connectivity index (χ1n) is 10.4. The number of carbonyl (C=O) groups is 1. The standard InChI is InChI=1S/C23H25N3O2S/c1-15(27)26-18-8-9-19(26)14-17(13-18)5-4-16-6-10-20(11-7-16)28-23-25-22-21(29-23)3-2-12-24-22/h2-3,6-7,10-12,17-19H,4-5,8-9,13-14H2,1H3/t17?,18-,19+. The first kappa shape index (κ1) is 18.6. The summed E-state index contributed by atoms with van der Waals surface area (Å²) in [6.45, 7) is 1.72. The number of ether oxygens (including phenoxy) is 1. The van der Waals surface area contributed by atoms with Crippen LogP contribution in [0, 0.1) is 5.92 Å². The Labute approximate surface area is 174 Å². The van der Waals surface area contributed by atoms with E-state index in [1.54, 1.807) is 13.1 Å². The van der Waals surface area contributed by atoms with Crippen LogP contribution in [0.4, 0.5) is 0 Å². The van der Waals surface area contributed by atoms with Crippen LogP contribution in [-0.2, 0) is 11.2 Å². The lowest BCUT2D eigenvalue weighted by Gasteiger charge is -2.38. The fourth-order valence-electron chi connectivity index (χ4n) is 5.03. The maximum Gasteiger partial charge on any atom is 0.281 e. The molecular weight excluding hydrogens is 382 g/mol. The number of carbonyl (C=O) groups excluding carboxylic acids is 1. The number of benzene rings is 1. The van der Waals surface area contributed by atoms with E-state index in [0.29, 0.717) is 17.3 Å². The van der Waals surface area contributed by atoms with Crippen molar-refractivity contribution >= 4 is 27.6 Å². The Morgan fingerprint density at radius 3 is 2.62 bits per heavy atom. The van der Waals surface area contributed by atoms with Gasteiger partial charge in [-0.25, -0.2) is 4.98 Å². The van der Waals surface area contributed by atoms with Crippen LogP contribution in [-0.4, -0.2) is 32.9 Å². The molecule has 2 saturated heterocycles. The number of aryl methyl sites for hydroxylation is 1. The SMILES string of the molecule is CC(=O)N1[C@@H]2CC[C@H]1CC(CCc1ccc(Oc3nc4ncccc4s3)cc1)C2. The summed E-state index contributed by atoms with van der Waals surface area (Å²) in [4.78, 5) is 22.7. The monoisotopic (exact) mass is 407 g/mol. The predicted octanol–water partition coefficient (Wildman–Crippen LogP) is 5.21. The van der Waals surface area contributed by atoms with Gasteiger partial charge in [0.25, 0.3) is 5.19 Å². The van der Waals surface area contributed by atoms with Crippen molar-refractivity contribution in [1.29, 1.82) is 0 Å². The zero-order valence-corrected chi connectivity index (χ0v) is 17.4. The van der Waals surface area contributed by atoms with Crippen molar-refractivity contribution in [3.8, 4) is 10.9 Å². The zero-order valence-electron chi connectivity index (χ0n) is 16.6. The van der Waals surface area contributed by atoms with Crippen LogP contribution in [0.3, 0.4) is 0 Å². The third-order valence-electron chi connectivity index (χ3n) is 6.31. The van der Waals surface area contributed by atoms with Crippen LogP contribution in [0.5, 0.6) is 10.9 Å². The normalized spacial score (nSPS) is 23.5. The second-order valence-corrected chi connectivity index (χ2v) is 9.23. The summed E-state index contributed by atoms with van der Waals surface area (Å²) >= 11 is 1.51. The van der Waals surface area contributed by atoms with Gasteiger partial charge >= 0.3 is 0 Å². The summed E-state index contributed by atoms with van der Waals surface area (Å²) in [5.41, 5.74) is 2.07. The van der Waals surface area contributed by atoms with E-state index in [1.807, 2.05) is 24.3 Å². The van der Waals surface area contributed by atoms with Crippen molar-refractivity contribution in [1.82, 2.24) is 14.9 Å². The molecule has 0 N–H and O–H groups in total. The molecular formula is C23H25N3O2S. The van der Waals surface area contributed by atoms with Crippen LogP contribution in [0.1, 0.15) is 44.6 Å². The van der Waals surface area contributed by atoms with Gasteiger partial charge in [-0.15, -0.1) is 0 Å². The van der Waals surface area contributed by atoms with E-state index in [1.165, 1.54) is 49.0 Å². The van der Waals surface area contributed by atoms with E-state index in [0.717, 1.165) is 28.4 Å². The highest BCUT2D eigenvalue weighted by Crippen LogP contribution is 2.40. The van der Waals surface area contributed by atoms with Gasteiger partial charge in [0, 0.05) is 25.2 Å². The van der Waals surface area contributed by atoms with E-state index >= 15 is 0 Å². The predicted molar refractivity (Wildman–Crippen MR) is 114 cm³/mol. The second kappa shape index (κ2) is 7.75. The molecule has 3 atom stereocenters. The van der Waals surface area contributed by atoms with Gasteiger partial charge in [-0.05, 0) is 74.3 Å². The lowest BCUT2D eigenvalue weighted by molar-refractivity contribution is -0.133. The summed E-state index contributed by atoms with van der Waals surface area (Å²) < 4.78 is 6.94. The lowest BCUT2D eigenvalue weighted by atomic mass is 9.86. The summed E-state index contributed by atoms with van der Waals surface area (Å²) in [7, 11) is 0. The average molecular weight is 408 g/mol. The Morgan fingerprint density at radius 1 is 1.17 bits per heavy atom. The Kier molecular flexibility index (Phi) is 4.96. The summed E-state index contributed by atoms with van der Waals surface area (Å²) in [5, 5.41) is 0.624. The number of pyridine rings is 1. The number of hydrogen-bond acceptors (Lipinski definition) is 5. The van der Waals surface area contributed by atoms with Crippen molar-refractivity contribution in [2.75, 3.05) is 0 Å². The highest BCUT2D eigenvalue weighted by Gasteiger charge is 2.41. The number of aromatic nitrogens is 2. The molecule has 6 heteroatoms. The Bertz CT molecular complexity index is 969. The number of hydrogen-bond donors (Lipinski definition) is 0. The van der Waals surface area contributed by atoms with Crippen molar-refractivity contribution in [2.45, 2.75) is 57.5 Å². The molecule has 150 valence electrons. The maximum atomic E-state index is 11.9. The second-order valence-electron chi connectivity index (χ2n) is 8.24. The topological polar surface area (TPSA) is 55.3 Å². The zero-order chi connectivity index (χ0) is 19.8. The van der Waals surface area contributed by atoms with E-state index in [2.05, 4.69) is 27.0 Å². The molecule has 1 aromatic carbocycles. The van der Waals surface area contributed by atoms with Crippen LogP contribution >= 0.6 is 11.3 Å². The molecule has 5 nitrogen and oxygen atoms in total. The fraction of sp³-hybridized carbons (Fsp3) is 0.435. The Balaban J connectivity index is 1.17. The third-order valence-corrected chi connectivity index (χ3v) is 7.20. The van der Waals surface area contributed by atoms with Gasteiger partial charge in [0.2, 0.25) is 5.91 Å².